The number of nitro groups is 1. The lowest BCUT2D eigenvalue weighted by atomic mass is 9.93. The maximum Gasteiger partial charge on any atom is 0.387 e. The number of halogens is 2. The number of nitrogens with zero attached hydrogens (tertiary/aromatic N) is 2. The molecule has 25 heavy (non-hydrogen) atoms. The highest BCUT2D eigenvalue weighted by Gasteiger charge is 2.26. The van der Waals surface area contributed by atoms with E-state index in [9.17, 15) is 18.9 Å². The van der Waals surface area contributed by atoms with Crippen LogP contribution in [0, 0.1) is 10.1 Å². The van der Waals surface area contributed by atoms with Gasteiger partial charge in [-0.3, -0.25) is 15.0 Å². The third-order valence-electron chi connectivity index (χ3n) is 4.65. The molecule has 140 valence electrons. The van der Waals surface area contributed by atoms with Crippen molar-refractivity contribution in [1.82, 2.24) is 4.90 Å². The van der Waals surface area contributed by atoms with Crippen molar-refractivity contribution in [3.63, 3.8) is 0 Å². The van der Waals surface area contributed by atoms with Gasteiger partial charge >= 0.3 is 6.61 Å². The summed E-state index contributed by atoms with van der Waals surface area (Å²) in [6.45, 7) is 0.0856. The maximum absolute atomic E-state index is 12.5. The van der Waals surface area contributed by atoms with E-state index in [0.717, 1.165) is 38.3 Å². The predicted octanol–water partition coefficient (Wildman–Crippen LogP) is 4.36. The van der Waals surface area contributed by atoms with Gasteiger partial charge in [0.15, 0.2) is 11.5 Å². The minimum atomic E-state index is -3.08. The Balaban J connectivity index is 2.32. The lowest BCUT2D eigenvalue weighted by molar-refractivity contribution is -0.385. The Morgan fingerprint density at radius 3 is 2.48 bits per heavy atom. The molecule has 0 heterocycles. The molecule has 0 saturated heterocycles. The molecule has 0 aliphatic heterocycles. The third kappa shape index (κ3) is 5.01. The summed E-state index contributed by atoms with van der Waals surface area (Å²) in [6.07, 6.45) is 5.69. The second kappa shape index (κ2) is 8.94. The van der Waals surface area contributed by atoms with Crippen molar-refractivity contribution in [3.05, 3.63) is 27.8 Å². The van der Waals surface area contributed by atoms with Crippen LogP contribution in [0.3, 0.4) is 0 Å². The van der Waals surface area contributed by atoms with Gasteiger partial charge in [-0.05, 0) is 25.5 Å². The van der Waals surface area contributed by atoms with Gasteiger partial charge < -0.3 is 9.47 Å². The number of rotatable bonds is 8. The molecule has 1 aliphatic carbocycles. The van der Waals surface area contributed by atoms with Gasteiger partial charge in [0.2, 0.25) is 0 Å². The van der Waals surface area contributed by atoms with Crippen LogP contribution in [0.4, 0.5) is 14.5 Å². The average Bonchev–Trinajstić information content (AvgIpc) is 2.60. The largest absolute Gasteiger partial charge is 0.493 e. The van der Waals surface area contributed by atoms with Crippen molar-refractivity contribution in [2.75, 3.05) is 13.7 Å². The van der Waals surface area contributed by atoms with Crippen molar-refractivity contribution >= 4 is 5.69 Å². The third-order valence-corrected chi connectivity index (χ3v) is 4.65. The van der Waals surface area contributed by atoms with E-state index in [4.69, 9.17) is 4.74 Å². The minimum Gasteiger partial charge on any atom is -0.493 e. The molecule has 0 radical (unpaired) electrons. The van der Waals surface area contributed by atoms with Crippen LogP contribution in [0.1, 0.15) is 44.6 Å². The molecule has 1 fully saturated rings. The highest BCUT2D eigenvalue weighted by atomic mass is 19.3. The van der Waals surface area contributed by atoms with Crippen LogP contribution in [0.15, 0.2) is 12.1 Å². The molecule has 1 aromatic carbocycles. The lowest BCUT2D eigenvalue weighted by Gasteiger charge is -2.33. The van der Waals surface area contributed by atoms with Crippen LogP contribution in [0.2, 0.25) is 0 Å². The molecular weight excluding hydrogens is 334 g/mol. The summed E-state index contributed by atoms with van der Waals surface area (Å²) < 4.78 is 34.5. The van der Waals surface area contributed by atoms with Gasteiger partial charge in [-0.2, -0.15) is 8.78 Å². The quantitative estimate of drug-likeness (QED) is 0.510. The summed E-state index contributed by atoms with van der Waals surface area (Å²) in [7, 11) is 1.32. The fourth-order valence-electron chi connectivity index (χ4n) is 3.40. The molecular formula is C17H24F2N2O4. The SMILES string of the molecule is CCN(Cc1cc(OC)c(OC(F)F)cc1[N+](=O)[O-])C1CCCCC1. The summed E-state index contributed by atoms with van der Waals surface area (Å²) in [5.74, 6) is -0.255. The summed E-state index contributed by atoms with van der Waals surface area (Å²) >= 11 is 0. The van der Waals surface area contributed by atoms with Gasteiger partial charge in [-0.1, -0.05) is 26.2 Å². The second-order valence-electron chi connectivity index (χ2n) is 6.12. The second-order valence-corrected chi connectivity index (χ2v) is 6.12. The zero-order valence-corrected chi connectivity index (χ0v) is 14.5. The van der Waals surface area contributed by atoms with Gasteiger partial charge in [0.05, 0.1) is 18.1 Å². The lowest BCUT2D eigenvalue weighted by Crippen LogP contribution is -2.36. The molecule has 8 heteroatoms. The fraction of sp³-hybridized carbons (Fsp3) is 0.647. The molecule has 0 unspecified atom stereocenters. The van der Waals surface area contributed by atoms with Gasteiger partial charge in [-0.25, -0.2) is 0 Å². The van der Waals surface area contributed by atoms with Crippen LogP contribution < -0.4 is 9.47 Å². The monoisotopic (exact) mass is 358 g/mol. The molecule has 0 amide bonds. The molecule has 0 bridgehead atoms. The van der Waals surface area contributed by atoms with E-state index >= 15 is 0 Å². The minimum absolute atomic E-state index is 0.0700. The van der Waals surface area contributed by atoms with Gasteiger partial charge in [0.25, 0.3) is 5.69 Å². The number of hydrogen-bond acceptors (Lipinski definition) is 5. The van der Waals surface area contributed by atoms with E-state index in [2.05, 4.69) is 9.64 Å². The van der Waals surface area contributed by atoms with Crippen LogP contribution in [-0.4, -0.2) is 36.1 Å². The number of nitro benzene ring substituents is 1. The van der Waals surface area contributed by atoms with Gasteiger partial charge in [0, 0.05) is 18.2 Å². The standard InChI is InChI=1S/C17H24F2N2O4/c1-3-20(13-7-5-4-6-8-13)11-12-9-15(24-2)16(25-17(18)19)10-14(12)21(22)23/h9-10,13,17H,3-8,11H2,1-2H3. The number of alkyl halides is 2. The zero-order chi connectivity index (χ0) is 18.4. The maximum atomic E-state index is 12.5. The Hall–Kier alpha value is -1.96. The predicted molar refractivity (Wildman–Crippen MR) is 89.2 cm³/mol. The van der Waals surface area contributed by atoms with Crippen LogP contribution in [0.25, 0.3) is 0 Å². The van der Waals surface area contributed by atoms with E-state index in [0.29, 0.717) is 18.2 Å². The molecule has 0 aromatic heterocycles. The van der Waals surface area contributed by atoms with Crippen LogP contribution >= 0.6 is 0 Å². The van der Waals surface area contributed by atoms with Gasteiger partial charge in [0.1, 0.15) is 0 Å². The van der Waals surface area contributed by atoms with E-state index < -0.39 is 11.5 Å². The Labute approximate surface area is 145 Å². The van der Waals surface area contributed by atoms with Crippen molar-refractivity contribution in [2.24, 2.45) is 0 Å². The number of methoxy groups -OCH3 is 1. The first kappa shape index (κ1) is 19.4. The number of hydrogen-bond donors (Lipinski definition) is 0. The van der Waals surface area contributed by atoms with Crippen molar-refractivity contribution in [1.29, 1.82) is 0 Å². The summed E-state index contributed by atoms with van der Waals surface area (Å²) in [6, 6.07) is 2.84. The molecule has 0 atom stereocenters. The zero-order valence-electron chi connectivity index (χ0n) is 14.5. The van der Waals surface area contributed by atoms with Crippen molar-refractivity contribution < 1.29 is 23.2 Å². The topological polar surface area (TPSA) is 64.8 Å². The Morgan fingerprint density at radius 2 is 1.96 bits per heavy atom. The van der Waals surface area contributed by atoms with Crippen molar-refractivity contribution in [3.8, 4) is 11.5 Å². The molecule has 1 aromatic rings. The van der Waals surface area contributed by atoms with Crippen LogP contribution in [0.5, 0.6) is 11.5 Å². The van der Waals surface area contributed by atoms with E-state index in [-0.39, 0.29) is 17.2 Å². The molecule has 0 N–H and O–H groups in total. The average molecular weight is 358 g/mol. The van der Waals surface area contributed by atoms with Crippen LogP contribution in [-0.2, 0) is 6.54 Å². The summed E-state index contributed by atoms with van der Waals surface area (Å²) in [5.41, 5.74) is 0.210. The first-order valence-corrected chi connectivity index (χ1v) is 8.50. The highest BCUT2D eigenvalue weighted by Crippen LogP contribution is 2.37. The smallest absolute Gasteiger partial charge is 0.387 e. The Kier molecular flexibility index (Phi) is 6.92. The van der Waals surface area contributed by atoms with E-state index in [1.807, 2.05) is 6.92 Å². The number of ether oxygens (including phenoxy) is 2. The normalized spacial score (nSPS) is 15.6. The van der Waals surface area contributed by atoms with E-state index in [1.165, 1.54) is 19.6 Å². The van der Waals surface area contributed by atoms with Crippen molar-refractivity contribution in [2.45, 2.75) is 58.2 Å². The molecule has 2 rings (SSSR count). The summed E-state index contributed by atoms with van der Waals surface area (Å²) in [5, 5.41) is 11.4. The van der Waals surface area contributed by atoms with E-state index in [1.54, 1.807) is 0 Å². The van der Waals surface area contributed by atoms with Gasteiger partial charge in [-0.15, -0.1) is 0 Å². The first-order valence-electron chi connectivity index (χ1n) is 8.50. The Bertz CT molecular complexity index is 592. The Morgan fingerprint density at radius 1 is 1.28 bits per heavy atom. The fourth-order valence-corrected chi connectivity index (χ4v) is 3.40. The molecule has 1 aliphatic rings. The molecule has 1 saturated carbocycles. The molecule has 6 nitrogen and oxygen atoms in total. The summed E-state index contributed by atoms with van der Waals surface area (Å²) in [4.78, 5) is 13.0. The molecule has 0 spiro atoms. The first-order chi connectivity index (χ1) is 12.0. The highest BCUT2D eigenvalue weighted by molar-refractivity contribution is 5.54. The number of benzene rings is 1.